The van der Waals surface area contributed by atoms with E-state index in [1.165, 1.54) is 5.56 Å². The van der Waals surface area contributed by atoms with E-state index in [0.717, 1.165) is 37.1 Å². The molecule has 5 heteroatoms. The number of ketones is 2. The number of Topliss-reactive ketones (excluding diaryl/α,β-unsaturated/α-hetero) is 2. The Balaban J connectivity index is 1.40. The zero-order valence-electron chi connectivity index (χ0n) is 19.3. The van der Waals surface area contributed by atoms with Crippen LogP contribution in [0.5, 0.6) is 0 Å². The maximum Gasteiger partial charge on any atom is 0.226 e. The van der Waals surface area contributed by atoms with Crippen LogP contribution < -0.4 is 0 Å². The molecule has 0 radical (unpaired) electrons. The van der Waals surface area contributed by atoms with Crippen molar-refractivity contribution in [3.8, 4) is 11.5 Å². The van der Waals surface area contributed by atoms with Gasteiger partial charge in [-0.15, -0.1) is 0 Å². The largest absolute Gasteiger partial charge is 0.441 e. The van der Waals surface area contributed by atoms with Crippen molar-refractivity contribution in [1.82, 2.24) is 9.88 Å². The van der Waals surface area contributed by atoms with Gasteiger partial charge in [-0.25, -0.2) is 4.98 Å². The Morgan fingerprint density at radius 1 is 0.969 bits per heavy atom. The topological polar surface area (TPSA) is 63.4 Å². The fourth-order valence-corrected chi connectivity index (χ4v) is 3.67. The first-order valence-electron chi connectivity index (χ1n) is 11.2. The number of nitrogens with zero attached hydrogens (tertiary/aromatic N) is 2. The predicted octanol–water partition coefficient (Wildman–Crippen LogP) is 4.98. The molecule has 1 heterocycles. The molecule has 0 saturated heterocycles. The third-order valence-corrected chi connectivity index (χ3v) is 5.54. The second-order valence-electron chi connectivity index (χ2n) is 8.46. The first-order valence-corrected chi connectivity index (χ1v) is 11.2. The minimum atomic E-state index is -0.111. The van der Waals surface area contributed by atoms with E-state index >= 15 is 0 Å². The molecule has 0 spiro atoms. The number of aryl methyl sites for hydroxylation is 2. The van der Waals surface area contributed by atoms with Gasteiger partial charge in [0.15, 0.2) is 0 Å². The van der Waals surface area contributed by atoms with Crippen LogP contribution in [0.3, 0.4) is 0 Å². The number of aromatic nitrogens is 1. The third-order valence-electron chi connectivity index (χ3n) is 5.54. The van der Waals surface area contributed by atoms with Crippen molar-refractivity contribution in [3.05, 3.63) is 77.2 Å². The molecule has 168 valence electrons. The molecule has 2 aromatic carbocycles. The molecule has 0 aliphatic rings. The third kappa shape index (κ3) is 7.27. The van der Waals surface area contributed by atoms with Gasteiger partial charge in [-0.2, -0.15) is 0 Å². The Labute approximate surface area is 190 Å². The SMILES string of the molecule is Cc1cccc(-c2nc(CC(=O)CC(=O)CCCN(C)CCc3ccccc3)c(C)o2)c1. The lowest BCUT2D eigenvalue weighted by molar-refractivity contribution is -0.126. The molecular formula is C27H32N2O3. The fraction of sp³-hybridized carbons (Fsp3) is 0.370. The van der Waals surface area contributed by atoms with E-state index in [0.29, 0.717) is 23.8 Å². The van der Waals surface area contributed by atoms with Crippen molar-refractivity contribution in [2.24, 2.45) is 0 Å². The van der Waals surface area contributed by atoms with Crippen LogP contribution in [0.2, 0.25) is 0 Å². The van der Waals surface area contributed by atoms with E-state index in [-0.39, 0.29) is 24.4 Å². The zero-order chi connectivity index (χ0) is 22.9. The molecule has 0 amide bonds. The van der Waals surface area contributed by atoms with Gasteiger partial charge in [-0.1, -0.05) is 48.0 Å². The van der Waals surface area contributed by atoms with Crippen LogP contribution in [0.1, 0.15) is 41.8 Å². The maximum atomic E-state index is 12.4. The average Bonchev–Trinajstić information content (AvgIpc) is 3.13. The van der Waals surface area contributed by atoms with Gasteiger partial charge in [-0.3, -0.25) is 9.59 Å². The maximum absolute atomic E-state index is 12.4. The van der Waals surface area contributed by atoms with Gasteiger partial charge in [0.25, 0.3) is 0 Å². The first kappa shape index (κ1) is 23.6. The Morgan fingerprint density at radius 3 is 2.50 bits per heavy atom. The summed E-state index contributed by atoms with van der Waals surface area (Å²) in [6, 6.07) is 18.3. The van der Waals surface area contributed by atoms with Crippen molar-refractivity contribution in [3.63, 3.8) is 0 Å². The smallest absolute Gasteiger partial charge is 0.226 e. The molecule has 0 unspecified atom stereocenters. The molecule has 3 aromatic rings. The normalized spacial score (nSPS) is 11.1. The molecule has 32 heavy (non-hydrogen) atoms. The fourth-order valence-electron chi connectivity index (χ4n) is 3.67. The summed E-state index contributed by atoms with van der Waals surface area (Å²) >= 11 is 0. The van der Waals surface area contributed by atoms with E-state index in [9.17, 15) is 9.59 Å². The Hall–Kier alpha value is -3.05. The first-order chi connectivity index (χ1) is 15.4. The summed E-state index contributed by atoms with van der Waals surface area (Å²) in [5.41, 5.74) is 3.93. The summed E-state index contributed by atoms with van der Waals surface area (Å²) in [7, 11) is 2.07. The van der Waals surface area contributed by atoms with E-state index in [4.69, 9.17) is 4.42 Å². The highest BCUT2D eigenvalue weighted by atomic mass is 16.4. The van der Waals surface area contributed by atoms with Gasteiger partial charge in [-0.05, 0) is 58.0 Å². The minimum absolute atomic E-state index is 0.00786. The molecule has 0 fully saturated rings. The van der Waals surface area contributed by atoms with Gasteiger partial charge in [0.2, 0.25) is 5.89 Å². The molecule has 0 saturated carbocycles. The van der Waals surface area contributed by atoms with Crippen molar-refractivity contribution < 1.29 is 14.0 Å². The number of benzene rings is 2. The van der Waals surface area contributed by atoms with E-state index in [1.54, 1.807) is 0 Å². The number of carbonyl (C=O) groups is 2. The van der Waals surface area contributed by atoms with Crippen molar-refractivity contribution in [1.29, 1.82) is 0 Å². The minimum Gasteiger partial charge on any atom is -0.441 e. The van der Waals surface area contributed by atoms with E-state index in [1.807, 2.05) is 44.2 Å². The predicted molar refractivity (Wildman–Crippen MR) is 127 cm³/mol. The Bertz CT molecular complexity index is 1040. The number of oxazole rings is 1. The summed E-state index contributed by atoms with van der Waals surface area (Å²) in [4.78, 5) is 31.4. The lowest BCUT2D eigenvalue weighted by Crippen LogP contribution is -2.23. The van der Waals surface area contributed by atoms with Crippen LogP contribution >= 0.6 is 0 Å². The summed E-state index contributed by atoms with van der Waals surface area (Å²) in [6.45, 7) is 5.61. The van der Waals surface area contributed by atoms with E-state index in [2.05, 4.69) is 41.2 Å². The average molecular weight is 433 g/mol. The molecule has 0 atom stereocenters. The van der Waals surface area contributed by atoms with Crippen LogP contribution in [-0.4, -0.2) is 41.6 Å². The molecule has 0 bridgehead atoms. The van der Waals surface area contributed by atoms with Crippen LogP contribution in [0.15, 0.2) is 59.0 Å². The molecule has 0 aliphatic carbocycles. The van der Waals surface area contributed by atoms with E-state index < -0.39 is 0 Å². The van der Waals surface area contributed by atoms with Gasteiger partial charge >= 0.3 is 0 Å². The number of hydrogen-bond acceptors (Lipinski definition) is 5. The second-order valence-corrected chi connectivity index (χ2v) is 8.46. The van der Waals surface area contributed by atoms with Gasteiger partial charge in [0.05, 0.1) is 18.5 Å². The molecule has 1 aromatic heterocycles. The van der Waals surface area contributed by atoms with Crippen LogP contribution in [0.4, 0.5) is 0 Å². The lowest BCUT2D eigenvalue weighted by Gasteiger charge is -2.16. The number of carbonyl (C=O) groups excluding carboxylic acids is 2. The van der Waals surface area contributed by atoms with Gasteiger partial charge in [0, 0.05) is 18.5 Å². The van der Waals surface area contributed by atoms with Crippen LogP contribution in [0, 0.1) is 13.8 Å². The Kier molecular flexibility index (Phi) is 8.51. The number of likely N-dealkylation sites (N-methyl/N-ethyl adjacent to an activating group) is 1. The monoisotopic (exact) mass is 432 g/mol. The zero-order valence-corrected chi connectivity index (χ0v) is 19.3. The van der Waals surface area contributed by atoms with Crippen LogP contribution in [-0.2, 0) is 22.4 Å². The van der Waals surface area contributed by atoms with Crippen molar-refractivity contribution in [2.75, 3.05) is 20.1 Å². The number of hydrogen-bond donors (Lipinski definition) is 0. The highest BCUT2D eigenvalue weighted by molar-refractivity contribution is 5.99. The summed E-state index contributed by atoms with van der Waals surface area (Å²) in [5, 5.41) is 0. The number of rotatable bonds is 12. The van der Waals surface area contributed by atoms with Crippen molar-refractivity contribution in [2.45, 2.75) is 46.0 Å². The lowest BCUT2D eigenvalue weighted by atomic mass is 10.1. The summed E-state index contributed by atoms with van der Waals surface area (Å²) in [5.74, 6) is 1.02. The standard InChI is InChI=1S/C27H32N2O3/c1-20-9-7-12-23(17-20)27-28-26(21(2)32-27)19-25(31)18-24(30)13-8-15-29(3)16-14-22-10-5-4-6-11-22/h4-7,9-12,17H,8,13-16,18-19H2,1-3H3. The quantitative estimate of drug-likeness (QED) is 0.378. The van der Waals surface area contributed by atoms with Gasteiger partial charge in [0.1, 0.15) is 17.3 Å². The molecule has 0 N–H and O–H groups in total. The molecule has 3 rings (SSSR count). The molecule has 5 nitrogen and oxygen atoms in total. The summed E-state index contributed by atoms with van der Waals surface area (Å²) in [6.07, 6.45) is 2.26. The second kappa shape index (κ2) is 11.5. The highest BCUT2D eigenvalue weighted by Crippen LogP contribution is 2.23. The van der Waals surface area contributed by atoms with Gasteiger partial charge < -0.3 is 9.32 Å². The Morgan fingerprint density at radius 2 is 1.75 bits per heavy atom. The highest BCUT2D eigenvalue weighted by Gasteiger charge is 2.17. The molecular weight excluding hydrogens is 400 g/mol. The summed E-state index contributed by atoms with van der Waals surface area (Å²) < 4.78 is 5.75. The van der Waals surface area contributed by atoms with Crippen molar-refractivity contribution >= 4 is 11.6 Å². The molecule has 0 aliphatic heterocycles. The van der Waals surface area contributed by atoms with Crippen LogP contribution in [0.25, 0.3) is 11.5 Å².